The zero-order chi connectivity index (χ0) is 15.1. The number of hydrogen-bond donors (Lipinski definition) is 3. The molecular weight excluding hydrogens is 254 g/mol. The normalized spacial score (nSPS) is 12.1. The maximum absolute atomic E-state index is 11.8. The van der Waals surface area contributed by atoms with Crippen LogP contribution >= 0.6 is 0 Å². The highest BCUT2D eigenvalue weighted by Gasteiger charge is 2.13. The molecule has 1 aromatic rings. The molecule has 0 heterocycles. The third-order valence-corrected chi connectivity index (χ3v) is 2.86. The molecule has 0 aliphatic rings. The molecule has 1 atom stereocenters. The fourth-order valence-corrected chi connectivity index (χ4v) is 1.64. The van der Waals surface area contributed by atoms with Crippen LogP contribution in [-0.4, -0.2) is 17.9 Å². The van der Waals surface area contributed by atoms with Crippen molar-refractivity contribution in [3.05, 3.63) is 24.3 Å². The van der Waals surface area contributed by atoms with Gasteiger partial charge in [-0.25, -0.2) is 0 Å². The summed E-state index contributed by atoms with van der Waals surface area (Å²) in [5.41, 5.74) is 7.04. The molecule has 1 rings (SSSR count). The predicted molar refractivity (Wildman–Crippen MR) is 81.4 cm³/mol. The molecule has 0 aromatic heterocycles. The molecule has 4 N–H and O–H groups in total. The lowest BCUT2D eigenvalue weighted by Crippen LogP contribution is -2.35. The third-order valence-electron chi connectivity index (χ3n) is 2.86. The second-order valence-electron chi connectivity index (χ2n) is 5.11. The summed E-state index contributed by atoms with van der Waals surface area (Å²) in [6, 6.07) is 6.53. The van der Waals surface area contributed by atoms with E-state index in [-0.39, 0.29) is 17.7 Å². The Morgan fingerprint density at radius 1 is 1.15 bits per heavy atom. The minimum Gasteiger partial charge on any atom is -0.326 e. The monoisotopic (exact) mass is 277 g/mol. The van der Waals surface area contributed by atoms with Crippen molar-refractivity contribution in [2.45, 2.75) is 39.7 Å². The zero-order valence-electron chi connectivity index (χ0n) is 12.3. The van der Waals surface area contributed by atoms with Crippen LogP contribution in [0.25, 0.3) is 0 Å². The van der Waals surface area contributed by atoms with Gasteiger partial charge in [-0.15, -0.1) is 0 Å². The summed E-state index contributed by atoms with van der Waals surface area (Å²) in [6.45, 7) is 5.63. The van der Waals surface area contributed by atoms with E-state index in [0.717, 1.165) is 6.42 Å². The number of hydrogen-bond acceptors (Lipinski definition) is 3. The van der Waals surface area contributed by atoms with Crippen LogP contribution in [0.2, 0.25) is 0 Å². The average Bonchev–Trinajstić information content (AvgIpc) is 2.39. The van der Waals surface area contributed by atoms with Crippen molar-refractivity contribution >= 4 is 23.2 Å². The van der Waals surface area contributed by atoms with Gasteiger partial charge in [0.2, 0.25) is 11.8 Å². The van der Waals surface area contributed by atoms with Gasteiger partial charge in [0, 0.05) is 17.3 Å². The second-order valence-corrected chi connectivity index (χ2v) is 5.11. The Balaban J connectivity index is 2.68. The SMILES string of the molecule is CCC[C@@H](N)C(=O)Nc1cccc(NC(=O)C(C)C)c1. The average molecular weight is 277 g/mol. The van der Waals surface area contributed by atoms with Crippen LogP contribution in [0, 0.1) is 5.92 Å². The molecule has 110 valence electrons. The molecule has 0 spiro atoms. The molecule has 2 amide bonds. The van der Waals surface area contributed by atoms with Crippen LogP contribution in [0.4, 0.5) is 11.4 Å². The Labute approximate surface area is 119 Å². The summed E-state index contributed by atoms with van der Waals surface area (Å²) in [4.78, 5) is 23.4. The van der Waals surface area contributed by atoms with Gasteiger partial charge >= 0.3 is 0 Å². The zero-order valence-corrected chi connectivity index (χ0v) is 12.3. The maximum Gasteiger partial charge on any atom is 0.241 e. The fraction of sp³-hybridized carbons (Fsp3) is 0.467. The predicted octanol–water partition coefficient (Wildman–Crippen LogP) is 2.35. The van der Waals surface area contributed by atoms with Gasteiger partial charge in [-0.05, 0) is 24.6 Å². The van der Waals surface area contributed by atoms with Crippen molar-refractivity contribution in [2.24, 2.45) is 11.7 Å². The first kappa shape index (κ1) is 16.2. The highest BCUT2D eigenvalue weighted by atomic mass is 16.2. The first-order chi connectivity index (χ1) is 9.43. The van der Waals surface area contributed by atoms with E-state index in [1.165, 1.54) is 0 Å². The number of nitrogens with one attached hydrogen (secondary N) is 2. The Kier molecular flexibility index (Phi) is 6.18. The Hall–Kier alpha value is -1.88. The number of anilines is 2. The van der Waals surface area contributed by atoms with Crippen molar-refractivity contribution in [2.75, 3.05) is 10.6 Å². The highest BCUT2D eigenvalue weighted by Crippen LogP contribution is 2.16. The van der Waals surface area contributed by atoms with E-state index in [1.807, 2.05) is 20.8 Å². The quantitative estimate of drug-likeness (QED) is 0.746. The summed E-state index contributed by atoms with van der Waals surface area (Å²) in [7, 11) is 0. The van der Waals surface area contributed by atoms with E-state index in [2.05, 4.69) is 10.6 Å². The summed E-state index contributed by atoms with van der Waals surface area (Å²) >= 11 is 0. The summed E-state index contributed by atoms with van der Waals surface area (Å²) in [6.07, 6.45) is 1.51. The van der Waals surface area contributed by atoms with Gasteiger partial charge in [-0.2, -0.15) is 0 Å². The van der Waals surface area contributed by atoms with Crippen LogP contribution < -0.4 is 16.4 Å². The molecule has 0 bridgehead atoms. The van der Waals surface area contributed by atoms with Crippen LogP contribution in [0.1, 0.15) is 33.6 Å². The van der Waals surface area contributed by atoms with Gasteiger partial charge in [-0.1, -0.05) is 33.3 Å². The van der Waals surface area contributed by atoms with E-state index in [9.17, 15) is 9.59 Å². The van der Waals surface area contributed by atoms with E-state index in [0.29, 0.717) is 17.8 Å². The van der Waals surface area contributed by atoms with Crippen LogP contribution in [0.5, 0.6) is 0 Å². The first-order valence-electron chi connectivity index (χ1n) is 6.91. The molecule has 5 heteroatoms. The van der Waals surface area contributed by atoms with Crippen molar-refractivity contribution < 1.29 is 9.59 Å². The second kappa shape index (κ2) is 7.65. The van der Waals surface area contributed by atoms with Crippen LogP contribution in [0.15, 0.2) is 24.3 Å². The lowest BCUT2D eigenvalue weighted by molar-refractivity contribution is -0.119. The van der Waals surface area contributed by atoms with E-state index in [4.69, 9.17) is 5.73 Å². The number of carbonyl (C=O) groups is 2. The minimum absolute atomic E-state index is 0.0591. The molecule has 20 heavy (non-hydrogen) atoms. The molecule has 0 aliphatic carbocycles. The standard InChI is InChI=1S/C15H23N3O2/c1-4-6-13(16)15(20)18-12-8-5-7-11(9-12)17-14(19)10(2)3/h5,7-10,13H,4,6,16H2,1-3H3,(H,17,19)(H,18,20)/t13-/m1/s1. The Bertz CT molecular complexity index is 472. The first-order valence-corrected chi connectivity index (χ1v) is 6.91. The smallest absolute Gasteiger partial charge is 0.241 e. The summed E-state index contributed by atoms with van der Waals surface area (Å²) in [5.74, 6) is -0.360. The highest BCUT2D eigenvalue weighted by molar-refractivity contribution is 5.96. The topological polar surface area (TPSA) is 84.2 Å². The van der Waals surface area contributed by atoms with E-state index in [1.54, 1.807) is 24.3 Å². The lowest BCUT2D eigenvalue weighted by atomic mass is 10.1. The van der Waals surface area contributed by atoms with Gasteiger partial charge in [0.15, 0.2) is 0 Å². The minimum atomic E-state index is -0.506. The van der Waals surface area contributed by atoms with Gasteiger partial charge < -0.3 is 16.4 Å². The van der Waals surface area contributed by atoms with Crippen molar-refractivity contribution in [1.82, 2.24) is 0 Å². The van der Waals surface area contributed by atoms with Crippen LogP contribution in [-0.2, 0) is 9.59 Å². The molecule has 0 saturated heterocycles. The molecule has 0 unspecified atom stereocenters. The van der Waals surface area contributed by atoms with Gasteiger partial charge in [0.25, 0.3) is 0 Å². The molecule has 0 radical (unpaired) electrons. The van der Waals surface area contributed by atoms with Crippen molar-refractivity contribution in [3.63, 3.8) is 0 Å². The Morgan fingerprint density at radius 3 is 2.20 bits per heavy atom. The van der Waals surface area contributed by atoms with Gasteiger partial charge in [0.05, 0.1) is 6.04 Å². The van der Waals surface area contributed by atoms with Crippen molar-refractivity contribution in [3.8, 4) is 0 Å². The molecule has 5 nitrogen and oxygen atoms in total. The van der Waals surface area contributed by atoms with Gasteiger partial charge in [0.1, 0.15) is 0 Å². The van der Waals surface area contributed by atoms with Crippen molar-refractivity contribution in [1.29, 1.82) is 0 Å². The molecule has 0 fully saturated rings. The molecule has 1 aromatic carbocycles. The number of benzene rings is 1. The molecular formula is C15H23N3O2. The molecule has 0 aliphatic heterocycles. The third kappa shape index (κ3) is 5.01. The largest absolute Gasteiger partial charge is 0.326 e. The number of carbonyl (C=O) groups excluding carboxylic acids is 2. The number of amides is 2. The fourth-order valence-electron chi connectivity index (χ4n) is 1.64. The van der Waals surface area contributed by atoms with Gasteiger partial charge in [-0.3, -0.25) is 9.59 Å². The lowest BCUT2D eigenvalue weighted by Gasteiger charge is -2.13. The summed E-state index contributed by atoms with van der Waals surface area (Å²) < 4.78 is 0. The Morgan fingerprint density at radius 2 is 1.70 bits per heavy atom. The number of nitrogens with two attached hydrogens (primary N) is 1. The molecule has 0 saturated carbocycles. The maximum atomic E-state index is 11.8. The van der Waals surface area contributed by atoms with E-state index < -0.39 is 6.04 Å². The van der Waals surface area contributed by atoms with Crippen LogP contribution in [0.3, 0.4) is 0 Å². The number of rotatable bonds is 6. The summed E-state index contributed by atoms with van der Waals surface area (Å²) in [5, 5.41) is 5.54. The van der Waals surface area contributed by atoms with E-state index >= 15 is 0 Å².